The lowest BCUT2D eigenvalue weighted by molar-refractivity contribution is -0.139. The standard InChI is InChI=1S/C23H36N4O4/c1-3-4-13-21(28)25-16-22(29)27-20(15-18-10-6-5-7-11-18)17(2)26-19(23(30)31)12-8-9-14-24/h5-7,10-11,19-20,26H,2-4,8-9,12-16,24H2,1H3,(H,25,28)(H,27,29)(H,30,31). The number of hydrogen-bond acceptors (Lipinski definition) is 5. The van der Waals surface area contributed by atoms with Gasteiger partial charge in [0.1, 0.15) is 6.04 Å². The van der Waals surface area contributed by atoms with Crippen molar-refractivity contribution >= 4 is 17.8 Å². The predicted octanol–water partition coefficient (Wildman–Crippen LogP) is 1.71. The number of carbonyl (C=O) groups excluding carboxylic acids is 2. The highest BCUT2D eigenvalue weighted by atomic mass is 16.4. The second kappa shape index (κ2) is 15.0. The van der Waals surface area contributed by atoms with Crippen molar-refractivity contribution in [1.29, 1.82) is 0 Å². The molecule has 8 nitrogen and oxygen atoms in total. The van der Waals surface area contributed by atoms with Crippen molar-refractivity contribution in [2.45, 2.75) is 64.0 Å². The van der Waals surface area contributed by atoms with Crippen molar-refractivity contribution in [2.24, 2.45) is 5.73 Å². The molecule has 2 amide bonds. The van der Waals surface area contributed by atoms with Crippen LogP contribution in [0.1, 0.15) is 51.0 Å². The Morgan fingerprint density at radius 1 is 1.03 bits per heavy atom. The van der Waals surface area contributed by atoms with E-state index in [4.69, 9.17) is 5.73 Å². The fourth-order valence-corrected chi connectivity index (χ4v) is 3.04. The molecule has 0 aliphatic rings. The first-order valence-electron chi connectivity index (χ1n) is 10.9. The molecule has 0 aliphatic carbocycles. The van der Waals surface area contributed by atoms with Gasteiger partial charge in [0.2, 0.25) is 11.8 Å². The van der Waals surface area contributed by atoms with Gasteiger partial charge in [-0.15, -0.1) is 0 Å². The van der Waals surface area contributed by atoms with Crippen molar-refractivity contribution in [2.75, 3.05) is 13.1 Å². The third kappa shape index (κ3) is 11.2. The van der Waals surface area contributed by atoms with Gasteiger partial charge in [-0.25, -0.2) is 4.79 Å². The summed E-state index contributed by atoms with van der Waals surface area (Å²) in [6.07, 6.45) is 4.32. The average Bonchev–Trinajstić information content (AvgIpc) is 2.75. The van der Waals surface area contributed by atoms with Gasteiger partial charge in [-0.1, -0.05) is 50.3 Å². The fourth-order valence-electron chi connectivity index (χ4n) is 3.04. The molecule has 0 bridgehead atoms. The fraction of sp³-hybridized carbons (Fsp3) is 0.522. The number of nitrogens with one attached hydrogen (secondary N) is 3. The first-order valence-corrected chi connectivity index (χ1v) is 10.9. The van der Waals surface area contributed by atoms with Crippen LogP contribution in [0.15, 0.2) is 42.6 Å². The van der Waals surface area contributed by atoms with Crippen LogP contribution in [-0.4, -0.2) is 48.1 Å². The highest BCUT2D eigenvalue weighted by Crippen LogP contribution is 2.10. The second-order valence-corrected chi connectivity index (χ2v) is 7.53. The number of hydrogen-bond donors (Lipinski definition) is 5. The Kier molecular flexibility index (Phi) is 12.7. The van der Waals surface area contributed by atoms with Gasteiger partial charge >= 0.3 is 5.97 Å². The van der Waals surface area contributed by atoms with Gasteiger partial charge in [-0.3, -0.25) is 9.59 Å². The average molecular weight is 433 g/mol. The van der Waals surface area contributed by atoms with E-state index >= 15 is 0 Å². The van der Waals surface area contributed by atoms with Crippen molar-refractivity contribution in [3.8, 4) is 0 Å². The summed E-state index contributed by atoms with van der Waals surface area (Å²) in [6.45, 7) is 6.35. The Hall–Kier alpha value is -2.87. The summed E-state index contributed by atoms with van der Waals surface area (Å²) in [5.74, 6) is -1.51. The van der Waals surface area contributed by atoms with Gasteiger partial charge in [-0.05, 0) is 44.2 Å². The van der Waals surface area contributed by atoms with E-state index in [-0.39, 0.29) is 18.4 Å². The minimum absolute atomic E-state index is 0.139. The number of unbranched alkanes of at least 4 members (excludes halogenated alkanes) is 2. The van der Waals surface area contributed by atoms with Crippen molar-refractivity contribution < 1.29 is 19.5 Å². The van der Waals surface area contributed by atoms with E-state index in [2.05, 4.69) is 22.5 Å². The van der Waals surface area contributed by atoms with E-state index in [0.29, 0.717) is 37.9 Å². The molecule has 0 aliphatic heterocycles. The van der Waals surface area contributed by atoms with E-state index < -0.39 is 18.1 Å². The summed E-state index contributed by atoms with van der Waals surface area (Å²) in [5.41, 5.74) is 6.88. The lowest BCUT2D eigenvalue weighted by Gasteiger charge is -2.25. The molecule has 0 fully saturated rings. The number of carbonyl (C=O) groups is 3. The number of carboxylic acid groups (broad SMARTS) is 1. The summed E-state index contributed by atoms with van der Waals surface area (Å²) < 4.78 is 0. The maximum absolute atomic E-state index is 12.4. The zero-order valence-electron chi connectivity index (χ0n) is 18.4. The van der Waals surface area contributed by atoms with E-state index in [9.17, 15) is 19.5 Å². The molecule has 0 radical (unpaired) electrons. The SMILES string of the molecule is C=C(NC(CCCCN)C(=O)O)C(Cc1ccccc1)NC(=O)CNC(=O)CCCC. The lowest BCUT2D eigenvalue weighted by Crippen LogP contribution is -2.48. The van der Waals surface area contributed by atoms with Gasteiger partial charge in [0.15, 0.2) is 0 Å². The van der Waals surface area contributed by atoms with Gasteiger partial charge in [0.25, 0.3) is 0 Å². The first kappa shape index (κ1) is 26.2. The number of aliphatic carboxylic acids is 1. The third-order valence-electron chi connectivity index (χ3n) is 4.85. The Balaban J connectivity index is 2.77. The van der Waals surface area contributed by atoms with Gasteiger partial charge in [0.05, 0.1) is 12.6 Å². The van der Waals surface area contributed by atoms with Gasteiger partial charge in [0, 0.05) is 12.1 Å². The zero-order chi connectivity index (χ0) is 23.1. The Morgan fingerprint density at radius 2 is 1.74 bits per heavy atom. The second-order valence-electron chi connectivity index (χ2n) is 7.53. The van der Waals surface area contributed by atoms with Crippen molar-refractivity contribution in [1.82, 2.24) is 16.0 Å². The van der Waals surface area contributed by atoms with Crippen LogP contribution in [0.25, 0.3) is 0 Å². The van der Waals surface area contributed by atoms with Crippen molar-refractivity contribution in [3.63, 3.8) is 0 Å². The van der Waals surface area contributed by atoms with Crippen molar-refractivity contribution in [3.05, 3.63) is 48.2 Å². The summed E-state index contributed by atoms with van der Waals surface area (Å²) in [7, 11) is 0. The molecule has 2 atom stereocenters. The zero-order valence-corrected chi connectivity index (χ0v) is 18.4. The van der Waals surface area contributed by atoms with E-state index in [1.54, 1.807) is 0 Å². The van der Waals surface area contributed by atoms with Crippen LogP contribution in [-0.2, 0) is 20.8 Å². The highest BCUT2D eigenvalue weighted by Gasteiger charge is 2.23. The number of benzene rings is 1. The lowest BCUT2D eigenvalue weighted by atomic mass is 10.0. The number of carboxylic acids is 1. The maximum atomic E-state index is 12.4. The summed E-state index contributed by atoms with van der Waals surface area (Å²) >= 11 is 0. The monoisotopic (exact) mass is 432 g/mol. The molecule has 1 rings (SSSR count). The van der Waals surface area contributed by atoms with E-state index in [1.165, 1.54) is 0 Å². The quantitative estimate of drug-likeness (QED) is 0.253. The van der Waals surface area contributed by atoms with Crippen LogP contribution in [0.2, 0.25) is 0 Å². The summed E-state index contributed by atoms with van der Waals surface area (Å²) in [6, 6.07) is 8.19. The van der Waals surface area contributed by atoms with Crippen LogP contribution in [0.4, 0.5) is 0 Å². The normalized spacial score (nSPS) is 12.5. The number of rotatable bonds is 16. The molecule has 0 saturated carbocycles. The number of nitrogens with two attached hydrogens (primary N) is 1. The molecular formula is C23H36N4O4. The maximum Gasteiger partial charge on any atom is 0.326 e. The Labute approximate surface area is 184 Å². The van der Waals surface area contributed by atoms with Crippen LogP contribution in [0, 0.1) is 0 Å². The molecular weight excluding hydrogens is 396 g/mol. The molecule has 1 aromatic rings. The largest absolute Gasteiger partial charge is 0.480 e. The molecule has 2 unspecified atom stereocenters. The van der Waals surface area contributed by atoms with Gasteiger partial charge < -0.3 is 26.8 Å². The molecule has 172 valence electrons. The van der Waals surface area contributed by atoms with Gasteiger partial charge in [-0.2, -0.15) is 0 Å². The summed E-state index contributed by atoms with van der Waals surface area (Å²) in [5, 5.41) is 17.9. The number of amides is 2. The van der Waals surface area contributed by atoms with Crippen LogP contribution in [0.5, 0.6) is 0 Å². The molecule has 0 heterocycles. The minimum atomic E-state index is -0.980. The molecule has 6 N–H and O–H groups in total. The first-order chi connectivity index (χ1) is 14.9. The van der Waals surface area contributed by atoms with Crippen LogP contribution < -0.4 is 21.7 Å². The topological polar surface area (TPSA) is 134 Å². The molecule has 8 heteroatoms. The minimum Gasteiger partial charge on any atom is -0.480 e. The molecule has 1 aromatic carbocycles. The van der Waals surface area contributed by atoms with E-state index in [0.717, 1.165) is 24.8 Å². The van der Waals surface area contributed by atoms with E-state index in [1.807, 2.05) is 37.3 Å². The Bertz CT molecular complexity index is 709. The highest BCUT2D eigenvalue weighted by molar-refractivity contribution is 5.85. The smallest absolute Gasteiger partial charge is 0.326 e. The molecule has 0 aromatic heterocycles. The summed E-state index contributed by atoms with van der Waals surface area (Å²) in [4.78, 5) is 35.8. The molecule has 0 saturated heterocycles. The third-order valence-corrected chi connectivity index (χ3v) is 4.85. The molecule has 0 spiro atoms. The van der Waals surface area contributed by atoms with Crippen LogP contribution >= 0.6 is 0 Å². The molecule has 31 heavy (non-hydrogen) atoms. The predicted molar refractivity (Wildman–Crippen MR) is 121 cm³/mol. The Morgan fingerprint density at radius 3 is 2.35 bits per heavy atom. The van der Waals surface area contributed by atoms with Crippen LogP contribution in [0.3, 0.4) is 0 Å².